The first-order valence-corrected chi connectivity index (χ1v) is 8.40. The van der Waals surface area contributed by atoms with E-state index in [1.807, 2.05) is 24.0 Å². The lowest BCUT2D eigenvalue weighted by Gasteiger charge is -2.37. The van der Waals surface area contributed by atoms with Gasteiger partial charge in [0.1, 0.15) is 0 Å². The molecule has 6 heteroatoms. The summed E-state index contributed by atoms with van der Waals surface area (Å²) < 4.78 is 11.4. The molecule has 1 aliphatic heterocycles. The number of carbonyl (C=O) groups is 1. The summed E-state index contributed by atoms with van der Waals surface area (Å²) in [6.07, 6.45) is 5.60. The maximum atomic E-state index is 12.5. The summed E-state index contributed by atoms with van der Waals surface area (Å²) in [4.78, 5) is 18.6. The van der Waals surface area contributed by atoms with Crippen molar-refractivity contribution in [1.29, 1.82) is 0 Å². The van der Waals surface area contributed by atoms with Crippen LogP contribution in [0.5, 0.6) is 0 Å². The molecule has 0 radical (unpaired) electrons. The summed E-state index contributed by atoms with van der Waals surface area (Å²) in [5.41, 5.74) is 1.01. The van der Waals surface area contributed by atoms with E-state index in [0.717, 1.165) is 31.6 Å². The number of nitrogens with one attached hydrogen (secondary N) is 1. The lowest BCUT2D eigenvalue weighted by atomic mass is 10.1. The van der Waals surface area contributed by atoms with Crippen LogP contribution in [0, 0.1) is 5.92 Å². The van der Waals surface area contributed by atoms with E-state index in [2.05, 4.69) is 10.3 Å². The topological polar surface area (TPSA) is 63.7 Å². The highest BCUT2D eigenvalue weighted by Crippen LogP contribution is 2.34. The van der Waals surface area contributed by atoms with Gasteiger partial charge in [-0.05, 0) is 37.3 Å². The number of hydrogen-bond donors (Lipinski definition) is 1. The summed E-state index contributed by atoms with van der Waals surface area (Å²) >= 11 is 0. The van der Waals surface area contributed by atoms with E-state index >= 15 is 0 Å². The number of ether oxygens (including phenoxy) is 2. The quantitative estimate of drug-likeness (QED) is 0.899. The van der Waals surface area contributed by atoms with Gasteiger partial charge < -0.3 is 19.7 Å². The van der Waals surface area contributed by atoms with Crippen LogP contribution in [0.25, 0.3) is 0 Å². The van der Waals surface area contributed by atoms with Gasteiger partial charge in [-0.25, -0.2) is 4.79 Å². The van der Waals surface area contributed by atoms with Crippen molar-refractivity contribution >= 4 is 6.03 Å². The minimum absolute atomic E-state index is 0.00999. The Labute approximate surface area is 137 Å². The van der Waals surface area contributed by atoms with Gasteiger partial charge in [-0.15, -0.1) is 0 Å². The van der Waals surface area contributed by atoms with Crippen LogP contribution >= 0.6 is 0 Å². The van der Waals surface area contributed by atoms with Gasteiger partial charge in [-0.2, -0.15) is 0 Å². The predicted molar refractivity (Wildman–Crippen MR) is 85.9 cm³/mol. The van der Waals surface area contributed by atoms with Crippen LogP contribution in [0.2, 0.25) is 0 Å². The molecule has 2 amide bonds. The van der Waals surface area contributed by atoms with Crippen molar-refractivity contribution in [2.75, 3.05) is 26.4 Å². The van der Waals surface area contributed by atoms with E-state index in [1.54, 1.807) is 12.4 Å². The zero-order chi connectivity index (χ0) is 16.1. The Morgan fingerprint density at radius 1 is 1.52 bits per heavy atom. The third kappa shape index (κ3) is 4.00. The highest BCUT2D eigenvalue weighted by Gasteiger charge is 2.42. The molecule has 3 atom stereocenters. The molecular weight excluding hydrogens is 294 g/mol. The van der Waals surface area contributed by atoms with Gasteiger partial charge in [0.05, 0.1) is 18.8 Å². The van der Waals surface area contributed by atoms with Gasteiger partial charge in [0, 0.05) is 38.7 Å². The Hall–Kier alpha value is -1.66. The van der Waals surface area contributed by atoms with Crippen molar-refractivity contribution in [2.45, 2.75) is 38.5 Å². The molecule has 1 saturated carbocycles. The molecule has 2 heterocycles. The number of carbonyl (C=O) groups excluding carboxylic acids is 1. The van der Waals surface area contributed by atoms with E-state index in [0.29, 0.717) is 25.6 Å². The van der Waals surface area contributed by atoms with E-state index in [4.69, 9.17) is 9.47 Å². The number of hydrogen-bond acceptors (Lipinski definition) is 4. The van der Waals surface area contributed by atoms with Crippen molar-refractivity contribution in [1.82, 2.24) is 15.2 Å². The van der Waals surface area contributed by atoms with E-state index in [9.17, 15) is 4.79 Å². The standard InChI is InChI=1S/C17H25N3O3/c1-2-22-12-14-8-15-16(9-14)23-7-6-20(15)17(21)19-11-13-4-3-5-18-10-13/h3-5,10,14-16H,2,6-9,11-12H2,1H3,(H,19,21)/t14-,15+,16-/m0/s1. The van der Waals surface area contributed by atoms with Crippen molar-refractivity contribution in [3.63, 3.8) is 0 Å². The van der Waals surface area contributed by atoms with Gasteiger partial charge in [-0.1, -0.05) is 6.07 Å². The molecule has 1 N–H and O–H groups in total. The molecule has 23 heavy (non-hydrogen) atoms. The first kappa shape index (κ1) is 16.2. The number of urea groups is 1. The highest BCUT2D eigenvalue weighted by atomic mass is 16.5. The second-order valence-corrected chi connectivity index (χ2v) is 6.19. The molecule has 2 fully saturated rings. The molecule has 1 aromatic heterocycles. The molecule has 0 aromatic carbocycles. The smallest absolute Gasteiger partial charge is 0.318 e. The summed E-state index contributed by atoms with van der Waals surface area (Å²) in [6, 6.07) is 4.00. The zero-order valence-corrected chi connectivity index (χ0v) is 13.6. The number of fused-ring (bicyclic) bond motifs is 1. The van der Waals surface area contributed by atoms with Gasteiger partial charge in [0.15, 0.2) is 0 Å². The van der Waals surface area contributed by atoms with Crippen LogP contribution in [-0.2, 0) is 16.0 Å². The van der Waals surface area contributed by atoms with Crippen LogP contribution in [0.15, 0.2) is 24.5 Å². The van der Waals surface area contributed by atoms with Crippen molar-refractivity contribution in [2.24, 2.45) is 5.92 Å². The zero-order valence-electron chi connectivity index (χ0n) is 13.6. The third-order valence-electron chi connectivity index (χ3n) is 4.62. The van der Waals surface area contributed by atoms with Crippen LogP contribution < -0.4 is 5.32 Å². The molecule has 1 aliphatic carbocycles. The third-order valence-corrected chi connectivity index (χ3v) is 4.62. The fourth-order valence-electron chi connectivity index (χ4n) is 3.51. The Balaban J connectivity index is 1.55. The number of amides is 2. The van der Waals surface area contributed by atoms with E-state index < -0.39 is 0 Å². The number of morpholine rings is 1. The maximum absolute atomic E-state index is 12.5. The second-order valence-electron chi connectivity index (χ2n) is 6.19. The maximum Gasteiger partial charge on any atom is 0.318 e. The molecule has 1 saturated heterocycles. The van der Waals surface area contributed by atoms with Gasteiger partial charge >= 0.3 is 6.03 Å². The minimum atomic E-state index is -0.00999. The summed E-state index contributed by atoms with van der Waals surface area (Å²) in [5.74, 6) is 0.483. The Kier molecular flexibility index (Phi) is 5.46. The van der Waals surface area contributed by atoms with Crippen molar-refractivity contribution in [3.05, 3.63) is 30.1 Å². The molecule has 3 rings (SSSR count). The summed E-state index contributed by atoms with van der Waals surface area (Å²) in [7, 11) is 0. The first-order valence-electron chi connectivity index (χ1n) is 8.40. The largest absolute Gasteiger partial charge is 0.381 e. The molecule has 0 bridgehead atoms. The van der Waals surface area contributed by atoms with E-state index in [1.165, 1.54) is 0 Å². The molecule has 0 spiro atoms. The van der Waals surface area contributed by atoms with Gasteiger partial charge in [0.25, 0.3) is 0 Å². The van der Waals surface area contributed by atoms with Crippen LogP contribution in [0.4, 0.5) is 4.79 Å². The number of aromatic nitrogens is 1. The second kappa shape index (κ2) is 7.75. The fourth-order valence-corrected chi connectivity index (χ4v) is 3.51. The van der Waals surface area contributed by atoms with Crippen molar-refractivity contribution in [3.8, 4) is 0 Å². The average molecular weight is 319 g/mol. The molecule has 126 valence electrons. The molecule has 1 aromatic rings. The Bertz CT molecular complexity index is 511. The molecule has 6 nitrogen and oxygen atoms in total. The normalized spacial score (nSPS) is 26.8. The molecule has 0 unspecified atom stereocenters. The van der Waals surface area contributed by atoms with E-state index in [-0.39, 0.29) is 18.2 Å². The minimum Gasteiger partial charge on any atom is -0.381 e. The lowest BCUT2D eigenvalue weighted by molar-refractivity contribution is -0.0389. The fraction of sp³-hybridized carbons (Fsp3) is 0.647. The molecule has 2 aliphatic rings. The van der Waals surface area contributed by atoms with Crippen molar-refractivity contribution < 1.29 is 14.3 Å². The number of nitrogens with zero attached hydrogens (tertiary/aromatic N) is 2. The summed E-state index contributed by atoms with van der Waals surface area (Å²) in [5, 5.41) is 3.00. The summed E-state index contributed by atoms with van der Waals surface area (Å²) in [6.45, 7) is 5.28. The predicted octanol–water partition coefficient (Wildman–Crippen LogP) is 1.81. The van der Waals surface area contributed by atoms with Gasteiger partial charge in [0.2, 0.25) is 0 Å². The van der Waals surface area contributed by atoms with Crippen LogP contribution in [0.3, 0.4) is 0 Å². The number of rotatable bonds is 5. The van der Waals surface area contributed by atoms with Crippen LogP contribution in [-0.4, -0.2) is 54.4 Å². The Morgan fingerprint density at radius 3 is 3.22 bits per heavy atom. The average Bonchev–Trinajstić information content (AvgIpc) is 3.01. The highest BCUT2D eigenvalue weighted by molar-refractivity contribution is 5.74. The van der Waals surface area contributed by atoms with Gasteiger partial charge in [-0.3, -0.25) is 4.98 Å². The SMILES string of the molecule is CCOC[C@@H]1C[C@@H]2OCCN(C(=O)NCc3cccnc3)[C@@H]2C1. The lowest BCUT2D eigenvalue weighted by Crippen LogP contribution is -2.54. The number of pyridine rings is 1. The first-order chi connectivity index (χ1) is 11.3. The molecular formula is C17H25N3O3. The van der Waals surface area contributed by atoms with Crippen LogP contribution in [0.1, 0.15) is 25.3 Å². The monoisotopic (exact) mass is 319 g/mol. The Morgan fingerprint density at radius 2 is 2.43 bits per heavy atom.